The lowest BCUT2D eigenvalue weighted by Gasteiger charge is -2.21. The summed E-state index contributed by atoms with van der Waals surface area (Å²) in [4.78, 5) is 36.7. The molecule has 176 valence electrons. The molecule has 1 aliphatic rings. The number of carbonyl (C=O) groups excluding carboxylic acids is 2. The molecule has 0 spiro atoms. The molecule has 2 atom stereocenters. The molecule has 1 unspecified atom stereocenters. The molecule has 2 aromatic carbocycles. The lowest BCUT2D eigenvalue weighted by Crippen LogP contribution is -2.52. The van der Waals surface area contributed by atoms with E-state index in [4.69, 9.17) is 4.74 Å². The van der Waals surface area contributed by atoms with Crippen LogP contribution in [-0.2, 0) is 14.3 Å². The summed E-state index contributed by atoms with van der Waals surface area (Å²) in [6.45, 7) is 1.99. The molecular weight excluding hydrogens is 440 g/mol. The quantitative estimate of drug-likeness (QED) is 0.458. The molecule has 1 aliphatic carbocycles. The molecule has 8 heteroatoms. The zero-order valence-electron chi connectivity index (χ0n) is 18.9. The van der Waals surface area contributed by atoms with Crippen molar-refractivity contribution in [2.45, 2.75) is 44.2 Å². The van der Waals surface area contributed by atoms with Gasteiger partial charge in [-0.1, -0.05) is 61.9 Å². The number of carboxylic acids is 1. The lowest BCUT2D eigenvalue weighted by molar-refractivity contribution is -0.142. The van der Waals surface area contributed by atoms with Crippen molar-refractivity contribution < 1.29 is 24.2 Å². The summed E-state index contributed by atoms with van der Waals surface area (Å²) < 4.78 is 5.55. The first-order valence-corrected chi connectivity index (χ1v) is 12.5. The summed E-state index contributed by atoms with van der Waals surface area (Å²) in [7, 11) is 0. The number of amides is 2. The van der Waals surface area contributed by atoms with E-state index in [2.05, 4.69) is 22.8 Å². The standard InChI is InChI=1S/C25H30N2O5S/c1-3-8-22(24(29)30)26-23(28)21(13-14-33-2)27-25(31)32-15-20-18-11-6-4-9-16(18)17-10-5-7-12-19(17)20/h4-7,9-12,20-22H,3,8,13-15H2,1-2H3,(H,26,28)(H,27,31)(H,29,30)/t21-,22?/m0/s1. The molecule has 0 heterocycles. The van der Waals surface area contributed by atoms with Gasteiger partial charge in [0.05, 0.1) is 0 Å². The maximum atomic E-state index is 12.7. The number of thioether (sulfide) groups is 1. The second kappa shape index (κ2) is 11.7. The Morgan fingerprint density at radius 2 is 1.58 bits per heavy atom. The maximum absolute atomic E-state index is 12.7. The molecule has 7 nitrogen and oxygen atoms in total. The molecular formula is C25H30N2O5S. The van der Waals surface area contributed by atoms with Crippen LogP contribution in [0.1, 0.15) is 43.2 Å². The zero-order valence-corrected chi connectivity index (χ0v) is 19.7. The highest BCUT2D eigenvalue weighted by atomic mass is 32.2. The minimum absolute atomic E-state index is 0.0810. The van der Waals surface area contributed by atoms with Crippen LogP contribution in [0.5, 0.6) is 0 Å². The van der Waals surface area contributed by atoms with Crippen LogP contribution in [0.2, 0.25) is 0 Å². The van der Waals surface area contributed by atoms with Crippen molar-refractivity contribution in [1.29, 1.82) is 0 Å². The Morgan fingerprint density at radius 1 is 0.970 bits per heavy atom. The second-order valence-electron chi connectivity index (χ2n) is 7.99. The highest BCUT2D eigenvalue weighted by Crippen LogP contribution is 2.44. The zero-order chi connectivity index (χ0) is 23.8. The minimum atomic E-state index is -1.09. The SMILES string of the molecule is CCCC(NC(=O)[C@H](CCSC)NC(=O)OCC1c2ccccc2-c2ccccc21)C(=O)O. The highest BCUT2D eigenvalue weighted by Gasteiger charge is 2.30. The number of alkyl carbamates (subject to hydrolysis) is 1. The molecule has 0 saturated carbocycles. The van der Waals surface area contributed by atoms with E-state index in [1.807, 2.05) is 49.6 Å². The van der Waals surface area contributed by atoms with E-state index in [1.54, 1.807) is 0 Å². The van der Waals surface area contributed by atoms with Crippen molar-refractivity contribution >= 4 is 29.7 Å². The van der Waals surface area contributed by atoms with Gasteiger partial charge in [-0.2, -0.15) is 11.8 Å². The van der Waals surface area contributed by atoms with Crippen LogP contribution in [0.15, 0.2) is 48.5 Å². The van der Waals surface area contributed by atoms with Gasteiger partial charge in [0.1, 0.15) is 18.7 Å². The fourth-order valence-electron chi connectivity index (χ4n) is 4.11. The van der Waals surface area contributed by atoms with Gasteiger partial charge in [0.15, 0.2) is 0 Å². The smallest absolute Gasteiger partial charge is 0.407 e. The van der Waals surface area contributed by atoms with Crippen LogP contribution in [0.3, 0.4) is 0 Å². The van der Waals surface area contributed by atoms with Crippen molar-refractivity contribution in [2.24, 2.45) is 0 Å². The van der Waals surface area contributed by atoms with Crippen molar-refractivity contribution in [3.8, 4) is 11.1 Å². The summed E-state index contributed by atoms with van der Waals surface area (Å²) in [6, 6.07) is 14.3. The van der Waals surface area contributed by atoms with E-state index >= 15 is 0 Å². The largest absolute Gasteiger partial charge is 0.480 e. The van der Waals surface area contributed by atoms with Gasteiger partial charge in [0.2, 0.25) is 5.91 Å². The molecule has 33 heavy (non-hydrogen) atoms. The first kappa shape index (κ1) is 24.6. The van der Waals surface area contributed by atoms with Gasteiger partial charge in [-0.15, -0.1) is 0 Å². The normalized spacial score (nSPS) is 14.0. The van der Waals surface area contributed by atoms with Gasteiger partial charge in [0.25, 0.3) is 0 Å². The molecule has 0 aliphatic heterocycles. The molecule has 2 aromatic rings. The van der Waals surface area contributed by atoms with Crippen molar-refractivity contribution in [3.63, 3.8) is 0 Å². The topological polar surface area (TPSA) is 105 Å². The number of carbonyl (C=O) groups is 3. The molecule has 2 amide bonds. The van der Waals surface area contributed by atoms with Crippen molar-refractivity contribution in [3.05, 3.63) is 59.7 Å². The molecule has 0 saturated heterocycles. The third-order valence-electron chi connectivity index (χ3n) is 5.75. The Balaban J connectivity index is 1.65. The van der Waals surface area contributed by atoms with E-state index in [1.165, 1.54) is 11.8 Å². The Bertz CT molecular complexity index is 951. The minimum Gasteiger partial charge on any atom is -0.480 e. The monoisotopic (exact) mass is 470 g/mol. The highest BCUT2D eigenvalue weighted by molar-refractivity contribution is 7.98. The molecule has 0 aromatic heterocycles. The summed E-state index contributed by atoms with van der Waals surface area (Å²) in [5.74, 6) is -1.05. The third kappa shape index (κ3) is 6.07. The van der Waals surface area contributed by atoms with Crippen molar-refractivity contribution in [2.75, 3.05) is 18.6 Å². The maximum Gasteiger partial charge on any atom is 0.407 e. The van der Waals surface area contributed by atoms with E-state index in [0.717, 1.165) is 22.3 Å². The average Bonchev–Trinajstić information content (AvgIpc) is 3.13. The average molecular weight is 471 g/mol. The van der Waals surface area contributed by atoms with Gasteiger partial charge < -0.3 is 20.5 Å². The number of hydrogen-bond acceptors (Lipinski definition) is 5. The number of fused-ring (bicyclic) bond motifs is 3. The number of benzene rings is 2. The fraction of sp³-hybridized carbons (Fsp3) is 0.400. The van der Waals surface area contributed by atoms with Crippen LogP contribution in [0.4, 0.5) is 4.79 Å². The number of hydrogen-bond donors (Lipinski definition) is 3. The van der Waals surface area contributed by atoms with Crippen molar-refractivity contribution in [1.82, 2.24) is 10.6 Å². The number of nitrogens with one attached hydrogen (secondary N) is 2. The van der Waals surface area contributed by atoms with Crippen LogP contribution in [0, 0.1) is 0 Å². The summed E-state index contributed by atoms with van der Waals surface area (Å²) in [5.41, 5.74) is 4.48. The molecule has 0 radical (unpaired) electrons. The number of rotatable bonds is 11. The molecule has 3 N–H and O–H groups in total. The van der Waals surface area contributed by atoms with Gasteiger partial charge in [0, 0.05) is 5.92 Å². The first-order chi connectivity index (χ1) is 16.0. The van der Waals surface area contributed by atoms with Crippen LogP contribution < -0.4 is 10.6 Å². The van der Waals surface area contributed by atoms with Crippen LogP contribution in [-0.4, -0.2) is 53.8 Å². The third-order valence-corrected chi connectivity index (χ3v) is 6.40. The van der Waals surface area contributed by atoms with E-state index < -0.39 is 30.1 Å². The van der Waals surface area contributed by atoms with Crippen LogP contribution >= 0.6 is 11.8 Å². The van der Waals surface area contributed by atoms with E-state index in [9.17, 15) is 19.5 Å². The predicted octanol–water partition coefficient (Wildman–Crippen LogP) is 4.02. The Hall–Kier alpha value is -3.00. The fourth-order valence-corrected chi connectivity index (χ4v) is 4.58. The summed E-state index contributed by atoms with van der Waals surface area (Å²) >= 11 is 1.54. The second-order valence-corrected chi connectivity index (χ2v) is 8.98. The van der Waals surface area contributed by atoms with Crippen LogP contribution in [0.25, 0.3) is 11.1 Å². The number of ether oxygens (including phenoxy) is 1. The number of aliphatic carboxylic acids is 1. The van der Waals surface area contributed by atoms with E-state index in [-0.39, 0.29) is 12.5 Å². The van der Waals surface area contributed by atoms with Gasteiger partial charge in [-0.25, -0.2) is 9.59 Å². The van der Waals surface area contributed by atoms with E-state index in [0.29, 0.717) is 25.0 Å². The molecule has 3 rings (SSSR count). The predicted molar refractivity (Wildman–Crippen MR) is 129 cm³/mol. The summed E-state index contributed by atoms with van der Waals surface area (Å²) in [5, 5.41) is 14.5. The van der Waals surface area contributed by atoms with Gasteiger partial charge in [-0.05, 0) is 47.1 Å². The Kier molecular flexibility index (Phi) is 8.77. The number of carboxylic acid groups (broad SMARTS) is 1. The lowest BCUT2D eigenvalue weighted by atomic mass is 9.98. The Morgan fingerprint density at radius 3 is 2.12 bits per heavy atom. The van der Waals surface area contributed by atoms with Gasteiger partial charge >= 0.3 is 12.1 Å². The molecule has 0 bridgehead atoms. The summed E-state index contributed by atoms with van der Waals surface area (Å²) in [6.07, 6.45) is 2.52. The van der Waals surface area contributed by atoms with Gasteiger partial charge in [-0.3, -0.25) is 4.79 Å². The Labute approximate surface area is 198 Å². The molecule has 0 fully saturated rings. The first-order valence-electron chi connectivity index (χ1n) is 11.1.